The summed E-state index contributed by atoms with van der Waals surface area (Å²) in [4.78, 5) is 9.86. The summed E-state index contributed by atoms with van der Waals surface area (Å²) in [7, 11) is 0. The van der Waals surface area contributed by atoms with Crippen LogP contribution in [0.5, 0.6) is 0 Å². The third-order valence-electron chi connectivity index (χ3n) is 0.910. The first-order valence-electron chi connectivity index (χ1n) is 2.37. The molecule has 4 heteroatoms. The maximum absolute atomic E-state index is 9.86. The lowest BCUT2D eigenvalue weighted by Gasteiger charge is -1.91. The number of thiophene rings is 1. The third kappa shape index (κ3) is 1.20. The van der Waals surface area contributed by atoms with Crippen molar-refractivity contribution in [2.24, 2.45) is 0 Å². The van der Waals surface area contributed by atoms with Gasteiger partial charge in [-0.25, -0.2) is 0 Å². The lowest BCUT2D eigenvalue weighted by atomic mass is 10.5. The highest BCUT2D eigenvalue weighted by molar-refractivity contribution is 7.14. The van der Waals surface area contributed by atoms with E-state index >= 15 is 0 Å². The van der Waals surface area contributed by atoms with Crippen LogP contribution in [0.4, 0.5) is 10.7 Å². The Morgan fingerprint density at radius 3 is 3.00 bits per heavy atom. The zero-order valence-corrected chi connectivity index (χ0v) is 5.44. The molecular weight excluding hydrogens is 136 g/mol. The number of nitrogens with two attached hydrogens (primary N) is 1. The van der Waals surface area contributed by atoms with Gasteiger partial charge in [-0.05, 0) is 11.4 Å². The fraction of sp³-hybridized carbons (Fsp3) is 0. The van der Waals surface area contributed by atoms with E-state index in [1.165, 1.54) is 11.3 Å². The highest BCUT2D eigenvalue weighted by Gasteiger charge is 1.95. The molecule has 1 amide bonds. The average Bonchev–Trinajstić information content (AvgIpc) is 2.18. The van der Waals surface area contributed by atoms with E-state index in [9.17, 15) is 4.79 Å². The van der Waals surface area contributed by atoms with Crippen LogP contribution < -0.4 is 11.1 Å². The molecular formula is C5H6N2OS. The molecule has 0 saturated heterocycles. The largest absolute Gasteiger partial charge is 0.389 e. The van der Waals surface area contributed by atoms with E-state index in [4.69, 9.17) is 5.73 Å². The number of carbonyl (C=O) groups is 1. The highest BCUT2D eigenvalue weighted by Crippen LogP contribution is 2.23. The summed E-state index contributed by atoms with van der Waals surface area (Å²) in [6.45, 7) is 0. The minimum Gasteiger partial charge on any atom is -0.389 e. The van der Waals surface area contributed by atoms with Crippen molar-refractivity contribution < 1.29 is 4.79 Å². The number of anilines is 2. The molecule has 0 aliphatic carbocycles. The summed E-state index contributed by atoms with van der Waals surface area (Å²) in [5.74, 6) is 0. The third-order valence-corrected chi connectivity index (χ3v) is 1.66. The van der Waals surface area contributed by atoms with Gasteiger partial charge < -0.3 is 11.1 Å². The summed E-state index contributed by atoms with van der Waals surface area (Å²) in [6, 6.07) is 1.76. The van der Waals surface area contributed by atoms with Crippen molar-refractivity contribution in [2.45, 2.75) is 0 Å². The molecule has 0 aromatic carbocycles. The monoisotopic (exact) mass is 142 g/mol. The Kier molecular flexibility index (Phi) is 1.69. The van der Waals surface area contributed by atoms with E-state index in [2.05, 4.69) is 5.32 Å². The summed E-state index contributed by atoms with van der Waals surface area (Å²) >= 11 is 1.40. The molecule has 0 spiro atoms. The van der Waals surface area contributed by atoms with E-state index in [1.807, 2.05) is 5.38 Å². The average molecular weight is 142 g/mol. The van der Waals surface area contributed by atoms with Crippen LogP contribution in [0.25, 0.3) is 0 Å². The molecule has 0 radical (unpaired) electrons. The van der Waals surface area contributed by atoms with Gasteiger partial charge in [0.25, 0.3) is 0 Å². The molecule has 1 rings (SSSR count). The normalized spacial score (nSPS) is 8.89. The molecule has 9 heavy (non-hydrogen) atoms. The minimum atomic E-state index is 0.610. The van der Waals surface area contributed by atoms with Crippen molar-refractivity contribution >= 4 is 28.4 Å². The SMILES string of the molecule is Nc1sccc1NC=O. The van der Waals surface area contributed by atoms with Crippen molar-refractivity contribution in [3.63, 3.8) is 0 Å². The molecule has 0 saturated carbocycles. The molecule has 1 aromatic rings. The minimum absolute atomic E-state index is 0.610. The molecule has 0 bridgehead atoms. The number of amides is 1. The molecule has 1 heterocycles. The lowest BCUT2D eigenvalue weighted by Crippen LogP contribution is -1.94. The van der Waals surface area contributed by atoms with Crippen molar-refractivity contribution in [3.8, 4) is 0 Å². The summed E-state index contributed by atoms with van der Waals surface area (Å²) in [5.41, 5.74) is 6.11. The first kappa shape index (κ1) is 6.10. The van der Waals surface area contributed by atoms with Gasteiger partial charge in [0.05, 0.1) is 5.69 Å². The first-order valence-corrected chi connectivity index (χ1v) is 3.25. The fourth-order valence-electron chi connectivity index (χ4n) is 0.504. The van der Waals surface area contributed by atoms with Gasteiger partial charge in [0.1, 0.15) is 5.00 Å². The second-order valence-electron chi connectivity index (χ2n) is 1.46. The molecule has 0 unspecified atom stereocenters. The van der Waals surface area contributed by atoms with Crippen LogP contribution in [0.1, 0.15) is 0 Å². The second-order valence-corrected chi connectivity index (χ2v) is 2.41. The van der Waals surface area contributed by atoms with Crippen LogP contribution in [0.2, 0.25) is 0 Å². The zero-order chi connectivity index (χ0) is 6.69. The van der Waals surface area contributed by atoms with Gasteiger partial charge in [0.15, 0.2) is 0 Å². The number of nitrogens with one attached hydrogen (secondary N) is 1. The van der Waals surface area contributed by atoms with Crippen LogP contribution in [0.15, 0.2) is 11.4 Å². The van der Waals surface area contributed by atoms with Crippen molar-refractivity contribution in [1.82, 2.24) is 0 Å². The summed E-state index contributed by atoms with van der Waals surface area (Å²) in [5, 5.41) is 4.92. The van der Waals surface area contributed by atoms with Gasteiger partial charge in [-0.15, -0.1) is 11.3 Å². The van der Waals surface area contributed by atoms with Crippen molar-refractivity contribution in [1.29, 1.82) is 0 Å². The number of hydrogen-bond acceptors (Lipinski definition) is 3. The van der Waals surface area contributed by atoms with Crippen molar-refractivity contribution in [3.05, 3.63) is 11.4 Å². The van der Waals surface area contributed by atoms with E-state index in [0.717, 1.165) is 0 Å². The molecule has 3 nitrogen and oxygen atoms in total. The molecule has 0 atom stereocenters. The van der Waals surface area contributed by atoms with E-state index in [0.29, 0.717) is 17.1 Å². The highest BCUT2D eigenvalue weighted by atomic mass is 32.1. The van der Waals surface area contributed by atoms with Crippen LogP contribution >= 0.6 is 11.3 Å². The topological polar surface area (TPSA) is 55.1 Å². The van der Waals surface area contributed by atoms with Crippen molar-refractivity contribution in [2.75, 3.05) is 11.1 Å². The molecule has 48 valence electrons. The number of rotatable bonds is 2. The van der Waals surface area contributed by atoms with E-state index < -0.39 is 0 Å². The lowest BCUT2D eigenvalue weighted by molar-refractivity contribution is -0.105. The predicted molar refractivity (Wildman–Crippen MR) is 38.4 cm³/mol. The maximum atomic E-state index is 9.86. The molecule has 1 aromatic heterocycles. The van der Waals surface area contributed by atoms with Crippen LogP contribution in [-0.4, -0.2) is 6.41 Å². The summed E-state index contributed by atoms with van der Waals surface area (Å²) in [6.07, 6.45) is 0.610. The standard InChI is InChI=1S/C5H6N2OS/c6-5-4(7-3-8)1-2-9-5/h1-3H,6H2,(H,7,8). The molecule has 0 aliphatic heterocycles. The number of hydrogen-bond donors (Lipinski definition) is 2. The zero-order valence-electron chi connectivity index (χ0n) is 4.63. The van der Waals surface area contributed by atoms with Gasteiger partial charge >= 0.3 is 0 Å². The Hall–Kier alpha value is -1.03. The molecule has 0 fully saturated rings. The quantitative estimate of drug-likeness (QED) is 0.603. The number of carbonyl (C=O) groups excluding carboxylic acids is 1. The predicted octanol–water partition coefficient (Wildman–Crippen LogP) is 0.899. The first-order chi connectivity index (χ1) is 4.34. The Labute approximate surface area is 56.5 Å². The Morgan fingerprint density at radius 1 is 1.78 bits per heavy atom. The van der Waals surface area contributed by atoms with E-state index in [1.54, 1.807) is 6.07 Å². The van der Waals surface area contributed by atoms with Crippen LogP contribution in [-0.2, 0) is 4.79 Å². The second kappa shape index (κ2) is 2.50. The van der Waals surface area contributed by atoms with Gasteiger partial charge in [0.2, 0.25) is 6.41 Å². The molecule has 3 N–H and O–H groups in total. The fourth-order valence-corrected chi connectivity index (χ4v) is 1.11. The van der Waals surface area contributed by atoms with Gasteiger partial charge in [-0.2, -0.15) is 0 Å². The Bertz CT molecular complexity index is 208. The Morgan fingerprint density at radius 2 is 2.56 bits per heavy atom. The summed E-state index contributed by atoms with van der Waals surface area (Å²) < 4.78 is 0. The smallest absolute Gasteiger partial charge is 0.211 e. The Balaban J connectivity index is 2.80. The van der Waals surface area contributed by atoms with Crippen LogP contribution in [0, 0.1) is 0 Å². The van der Waals surface area contributed by atoms with Gasteiger partial charge in [-0.1, -0.05) is 0 Å². The van der Waals surface area contributed by atoms with Crippen LogP contribution in [0.3, 0.4) is 0 Å². The maximum Gasteiger partial charge on any atom is 0.211 e. The van der Waals surface area contributed by atoms with Gasteiger partial charge in [-0.3, -0.25) is 4.79 Å². The number of nitrogen functional groups attached to an aromatic ring is 1. The van der Waals surface area contributed by atoms with Gasteiger partial charge in [0, 0.05) is 0 Å². The molecule has 0 aliphatic rings. The van der Waals surface area contributed by atoms with E-state index in [-0.39, 0.29) is 0 Å².